The second-order valence-corrected chi connectivity index (χ2v) is 10.3. The maximum atomic E-state index is 6.78. The van der Waals surface area contributed by atoms with Crippen LogP contribution in [-0.2, 0) is 0 Å². The topological polar surface area (TPSA) is 13.1 Å². The average molecular weight is 505 g/mol. The Bertz CT molecular complexity index is 2130. The third-order valence-corrected chi connectivity index (χ3v) is 7.89. The quantitative estimate of drug-likeness (QED) is 0.213. The number of halogens is 1. The molecule has 38 heavy (non-hydrogen) atoms. The first-order valence-electron chi connectivity index (χ1n) is 12.8. The average Bonchev–Trinajstić information content (AvgIpc) is 3.31. The highest BCUT2D eigenvalue weighted by molar-refractivity contribution is 6.34. The van der Waals surface area contributed by atoms with Crippen molar-refractivity contribution >= 4 is 65.9 Å². The van der Waals surface area contributed by atoms with E-state index in [1.54, 1.807) is 0 Å². The van der Waals surface area contributed by atoms with Crippen molar-refractivity contribution in [1.82, 2.24) is 0 Å². The first-order valence-corrected chi connectivity index (χ1v) is 13.2. The molecule has 0 aliphatic carbocycles. The molecule has 0 atom stereocenters. The summed E-state index contributed by atoms with van der Waals surface area (Å²) in [7, 11) is 0. The van der Waals surface area contributed by atoms with Crippen LogP contribution in [0.15, 0.2) is 132 Å². The molecular formula is C36H21ClO. The molecule has 0 fully saturated rings. The van der Waals surface area contributed by atoms with Gasteiger partial charge in [-0.25, -0.2) is 0 Å². The van der Waals surface area contributed by atoms with Crippen molar-refractivity contribution in [3.8, 4) is 22.3 Å². The van der Waals surface area contributed by atoms with Crippen LogP contribution in [0.25, 0.3) is 76.5 Å². The summed E-state index contributed by atoms with van der Waals surface area (Å²) >= 11 is 6.78. The summed E-state index contributed by atoms with van der Waals surface area (Å²) in [4.78, 5) is 0. The largest absolute Gasteiger partial charge is 0.456 e. The van der Waals surface area contributed by atoms with E-state index in [1.807, 2.05) is 6.07 Å². The fourth-order valence-corrected chi connectivity index (χ4v) is 6.30. The van der Waals surface area contributed by atoms with Crippen LogP contribution in [0.1, 0.15) is 0 Å². The molecular weight excluding hydrogens is 484 g/mol. The van der Waals surface area contributed by atoms with Crippen molar-refractivity contribution in [3.05, 3.63) is 132 Å². The van der Waals surface area contributed by atoms with E-state index < -0.39 is 0 Å². The van der Waals surface area contributed by atoms with Crippen LogP contribution < -0.4 is 0 Å². The van der Waals surface area contributed by atoms with Gasteiger partial charge in [-0.05, 0) is 72.8 Å². The number of hydrogen-bond acceptors (Lipinski definition) is 1. The molecule has 0 amide bonds. The van der Waals surface area contributed by atoms with E-state index in [9.17, 15) is 0 Å². The zero-order valence-electron chi connectivity index (χ0n) is 20.4. The Morgan fingerprint density at radius 3 is 1.66 bits per heavy atom. The van der Waals surface area contributed by atoms with E-state index in [0.717, 1.165) is 32.9 Å². The predicted molar refractivity (Wildman–Crippen MR) is 162 cm³/mol. The van der Waals surface area contributed by atoms with E-state index in [1.165, 1.54) is 43.6 Å². The highest BCUT2D eigenvalue weighted by Crippen LogP contribution is 2.47. The maximum Gasteiger partial charge on any atom is 0.137 e. The minimum Gasteiger partial charge on any atom is -0.456 e. The molecule has 0 bridgehead atoms. The van der Waals surface area contributed by atoms with E-state index in [4.69, 9.17) is 16.0 Å². The summed E-state index contributed by atoms with van der Waals surface area (Å²) < 4.78 is 6.44. The van der Waals surface area contributed by atoms with Crippen LogP contribution >= 0.6 is 11.6 Å². The van der Waals surface area contributed by atoms with Gasteiger partial charge in [-0.1, -0.05) is 115 Å². The lowest BCUT2D eigenvalue weighted by molar-refractivity contribution is 0.669. The molecule has 0 unspecified atom stereocenters. The lowest BCUT2D eigenvalue weighted by Crippen LogP contribution is -1.91. The van der Waals surface area contributed by atoms with Gasteiger partial charge in [0.2, 0.25) is 0 Å². The Labute approximate surface area is 224 Å². The summed E-state index contributed by atoms with van der Waals surface area (Å²) in [6, 6.07) is 44.9. The molecule has 0 saturated heterocycles. The number of fused-ring (bicyclic) bond motifs is 6. The van der Waals surface area contributed by atoms with Gasteiger partial charge in [0.05, 0.1) is 0 Å². The Morgan fingerprint density at radius 1 is 0.447 bits per heavy atom. The van der Waals surface area contributed by atoms with Crippen LogP contribution in [0, 0.1) is 0 Å². The number of benzene rings is 7. The molecule has 0 aliphatic heterocycles. The number of rotatable bonds is 2. The zero-order valence-corrected chi connectivity index (χ0v) is 21.2. The summed E-state index contributed by atoms with van der Waals surface area (Å²) in [5.41, 5.74) is 6.41. The molecule has 0 saturated carbocycles. The summed E-state index contributed by atoms with van der Waals surface area (Å²) in [5.74, 6) is 0. The van der Waals surface area contributed by atoms with Crippen molar-refractivity contribution in [1.29, 1.82) is 0 Å². The molecule has 1 nitrogen and oxygen atoms in total. The lowest BCUT2D eigenvalue weighted by atomic mass is 9.85. The van der Waals surface area contributed by atoms with Crippen molar-refractivity contribution in [2.75, 3.05) is 0 Å². The number of hydrogen-bond donors (Lipinski definition) is 0. The normalized spacial score (nSPS) is 11.8. The Morgan fingerprint density at radius 2 is 1.00 bits per heavy atom. The van der Waals surface area contributed by atoms with Gasteiger partial charge in [0.1, 0.15) is 11.2 Å². The molecule has 7 aromatic carbocycles. The van der Waals surface area contributed by atoms with Crippen molar-refractivity contribution < 1.29 is 4.42 Å². The molecule has 8 aromatic rings. The maximum absolute atomic E-state index is 6.78. The van der Waals surface area contributed by atoms with Gasteiger partial charge in [-0.2, -0.15) is 0 Å². The first-order chi connectivity index (χ1) is 18.8. The van der Waals surface area contributed by atoms with Crippen LogP contribution in [0.2, 0.25) is 5.02 Å². The van der Waals surface area contributed by atoms with E-state index >= 15 is 0 Å². The standard InChI is InChI=1S/C36H21ClO/c37-25-20-31(36-30-18-23-12-4-5-13-24(23)19-32(30)38-33(36)21-25)35-28-16-8-6-14-26(28)34(22-10-2-1-3-11-22)27-15-7-9-17-29(27)35/h1-21H. The van der Waals surface area contributed by atoms with Gasteiger partial charge in [0.25, 0.3) is 0 Å². The lowest BCUT2D eigenvalue weighted by Gasteiger charge is -2.18. The smallest absolute Gasteiger partial charge is 0.137 e. The second-order valence-electron chi connectivity index (χ2n) is 9.83. The van der Waals surface area contributed by atoms with Crippen molar-refractivity contribution in [2.45, 2.75) is 0 Å². The van der Waals surface area contributed by atoms with Crippen LogP contribution in [0.3, 0.4) is 0 Å². The predicted octanol–water partition coefficient (Wildman–Crippen LogP) is 11.0. The summed E-state index contributed by atoms with van der Waals surface area (Å²) in [6.45, 7) is 0. The molecule has 1 heterocycles. The minimum atomic E-state index is 0.663. The van der Waals surface area contributed by atoms with Crippen LogP contribution in [0.5, 0.6) is 0 Å². The second kappa shape index (κ2) is 8.21. The van der Waals surface area contributed by atoms with E-state index in [0.29, 0.717) is 5.02 Å². The van der Waals surface area contributed by atoms with Crippen molar-refractivity contribution in [3.63, 3.8) is 0 Å². The zero-order chi connectivity index (χ0) is 25.2. The van der Waals surface area contributed by atoms with Gasteiger partial charge in [0.15, 0.2) is 0 Å². The molecule has 2 heteroatoms. The van der Waals surface area contributed by atoms with Gasteiger partial charge < -0.3 is 4.42 Å². The van der Waals surface area contributed by atoms with Crippen LogP contribution in [0.4, 0.5) is 0 Å². The monoisotopic (exact) mass is 504 g/mol. The highest BCUT2D eigenvalue weighted by atomic mass is 35.5. The van der Waals surface area contributed by atoms with E-state index in [2.05, 4.69) is 121 Å². The number of furan rings is 1. The third-order valence-electron chi connectivity index (χ3n) is 7.67. The Hall–Kier alpha value is -4.59. The first kappa shape index (κ1) is 21.5. The molecule has 1 aromatic heterocycles. The van der Waals surface area contributed by atoms with E-state index in [-0.39, 0.29) is 0 Å². The van der Waals surface area contributed by atoms with Gasteiger partial charge >= 0.3 is 0 Å². The summed E-state index contributed by atoms with van der Waals surface area (Å²) in [5, 5.41) is 10.1. The molecule has 0 aliphatic rings. The van der Waals surface area contributed by atoms with Gasteiger partial charge in [-0.3, -0.25) is 0 Å². The summed E-state index contributed by atoms with van der Waals surface area (Å²) in [6.07, 6.45) is 0. The third kappa shape index (κ3) is 3.13. The molecule has 0 spiro atoms. The van der Waals surface area contributed by atoms with Crippen molar-refractivity contribution in [2.24, 2.45) is 0 Å². The Kier molecular flexibility index (Phi) is 4.64. The van der Waals surface area contributed by atoms with Gasteiger partial charge in [0, 0.05) is 21.9 Å². The van der Waals surface area contributed by atoms with Crippen LogP contribution in [-0.4, -0.2) is 0 Å². The molecule has 0 N–H and O–H groups in total. The minimum absolute atomic E-state index is 0.663. The highest BCUT2D eigenvalue weighted by Gasteiger charge is 2.21. The molecule has 178 valence electrons. The van der Waals surface area contributed by atoms with Gasteiger partial charge in [-0.15, -0.1) is 0 Å². The molecule has 8 rings (SSSR count). The fourth-order valence-electron chi connectivity index (χ4n) is 6.09. The SMILES string of the molecule is Clc1cc(-c2c3ccccc3c(-c3ccccc3)c3ccccc23)c2c(c1)oc1cc3ccccc3cc12. The molecule has 0 radical (unpaired) electrons. The fraction of sp³-hybridized carbons (Fsp3) is 0. The Balaban J connectivity index is 1.58.